The lowest BCUT2D eigenvalue weighted by molar-refractivity contribution is 0.195. The fourth-order valence-electron chi connectivity index (χ4n) is 4.62. The second kappa shape index (κ2) is 10.4. The Balaban J connectivity index is 1.84. The number of rotatable bonds is 7. The monoisotopic (exact) mass is 481 g/mol. The average molecular weight is 482 g/mol. The molecule has 0 bridgehead atoms. The van der Waals surface area contributed by atoms with Crippen molar-refractivity contribution in [3.05, 3.63) is 69.0 Å². The van der Waals surface area contributed by atoms with Gasteiger partial charge < -0.3 is 29.4 Å². The minimum Gasteiger partial charge on any atom is -0.493 e. The fraction of sp³-hybridized carbons (Fsp3) is 0.385. The Morgan fingerprint density at radius 3 is 2.65 bits per heavy atom. The zero-order chi connectivity index (χ0) is 24.2. The Bertz CT molecular complexity index is 1260. The summed E-state index contributed by atoms with van der Waals surface area (Å²) in [5.41, 5.74) is 4.51. The van der Waals surface area contributed by atoms with Gasteiger partial charge in [-0.3, -0.25) is 4.79 Å². The number of fused-ring (bicyclic) bond motifs is 2. The van der Waals surface area contributed by atoms with Crippen LogP contribution in [0.5, 0.6) is 11.5 Å². The Morgan fingerprint density at radius 2 is 1.91 bits per heavy atom. The summed E-state index contributed by atoms with van der Waals surface area (Å²) in [5.74, 6) is 1.30. The smallest absolute Gasteiger partial charge is 0.254 e. The first-order valence-electron chi connectivity index (χ1n) is 11.4. The van der Waals surface area contributed by atoms with E-state index in [1.54, 1.807) is 21.3 Å². The molecular weight excluding hydrogens is 450 g/mol. The number of methoxy groups -OCH3 is 3. The highest BCUT2D eigenvalue weighted by molar-refractivity contribution is 7.80. The van der Waals surface area contributed by atoms with E-state index in [1.165, 1.54) is 0 Å². The highest BCUT2D eigenvalue weighted by Gasteiger charge is 2.33. The number of para-hydroxylation sites is 1. The first-order valence-corrected chi connectivity index (χ1v) is 11.8. The van der Waals surface area contributed by atoms with Crippen LogP contribution in [0, 0.1) is 6.92 Å². The number of H-pyrrole nitrogens is 1. The summed E-state index contributed by atoms with van der Waals surface area (Å²) in [6.07, 6.45) is 1.61. The lowest BCUT2D eigenvalue weighted by Crippen LogP contribution is -2.47. The molecule has 180 valence electrons. The molecule has 4 rings (SSSR count). The van der Waals surface area contributed by atoms with Crippen LogP contribution in [0.2, 0.25) is 0 Å². The van der Waals surface area contributed by atoms with Crippen molar-refractivity contribution in [2.24, 2.45) is 0 Å². The van der Waals surface area contributed by atoms with Crippen LogP contribution in [0.4, 0.5) is 0 Å². The van der Waals surface area contributed by atoms with Gasteiger partial charge in [-0.2, -0.15) is 0 Å². The molecule has 2 aromatic carbocycles. The Hall–Kier alpha value is -3.10. The number of benzene rings is 2. The molecule has 8 heteroatoms. The predicted molar refractivity (Wildman–Crippen MR) is 138 cm³/mol. The predicted octanol–water partition coefficient (Wildman–Crippen LogP) is 3.71. The quantitative estimate of drug-likeness (QED) is 0.394. The van der Waals surface area contributed by atoms with Gasteiger partial charge in [-0.1, -0.05) is 18.2 Å². The van der Waals surface area contributed by atoms with E-state index in [0.29, 0.717) is 41.9 Å². The lowest BCUT2D eigenvalue weighted by Gasteiger charge is -2.39. The third-order valence-electron chi connectivity index (χ3n) is 6.35. The molecule has 3 aromatic rings. The third kappa shape index (κ3) is 4.60. The second-order valence-corrected chi connectivity index (χ2v) is 8.81. The maximum Gasteiger partial charge on any atom is 0.254 e. The average Bonchev–Trinajstić information content (AvgIpc) is 2.85. The van der Waals surface area contributed by atoms with Crippen LogP contribution in [-0.2, 0) is 11.2 Å². The van der Waals surface area contributed by atoms with Crippen molar-refractivity contribution in [1.82, 2.24) is 15.2 Å². The molecule has 0 aliphatic carbocycles. The number of pyridine rings is 1. The number of aryl methyl sites for hydroxylation is 1. The van der Waals surface area contributed by atoms with Crippen LogP contribution in [0.1, 0.15) is 34.7 Å². The molecule has 1 aromatic heterocycles. The number of hydrogen-bond acceptors (Lipinski definition) is 5. The van der Waals surface area contributed by atoms with Gasteiger partial charge in [0.2, 0.25) is 0 Å². The number of hydrogen-bond donors (Lipinski definition) is 2. The molecular formula is C26H31N3O4S. The summed E-state index contributed by atoms with van der Waals surface area (Å²) in [6.45, 7) is 4.02. The molecule has 1 atom stereocenters. The standard InChI is InChI=1S/C26H31N3O4S/c1-16-7-5-8-18-13-20(25(30)28-23(16)18)24-19-15-22(33-4)21(32-3)14-17(19)9-11-29(24)26(34)27-10-6-12-31-2/h5,7-8,13-15,24H,6,9-12H2,1-4H3,(H,27,34)(H,28,30)/t24-/m1/s1. The van der Waals surface area contributed by atoms with Crippen LogP contribution in [-0.4, -0.2) is 56.0 Å². The zero-order valence-electron chi connectivity index (χ0n) is 20.1. The Labute approximate surface area is 205 Å². The van der Waals surface area contributed by atoms with Crippen molar-refractivity contribution in [3.63, 3.8) is 0 Å². The molecule has 0 radical (unpaired) electrons. The van der Waals surface area contributed by atoms with Crippen molar-refractivity contribution >= 4 is 28.2 Å². The Morgan fingerprint density at radius 1 is 1.15 bits per heavy atom. The van der Waals surface area contributed by atoms with E-state index in [0.717, 1.165) is 40.4 Å². The van der Waals surface area contributed by atoms with E-state index in [2.05, 4.69) is 15.2 Å². The molecule has 1 aliphatic heterocycles. The molecule has 2 N–H and O–H groups in total. The Kier molecular flexibility index (Phi) is 7.38. The molecule has 0 fully saturated rings. The van der Waals surface area contributed by atoms with Crippen LogP contribution >= 0.6 is 12.2 Å². The van der Waals surface area contributed by atoms with E-state index in [9.17, 15) is 4.79 Å². The minimum absolute atomic E-state index is 0.124. The first kappa shape index (κ1) is 24.0. The van der Waals surface area contributed by atoms with Gasteiger partial charge in [-0.15, -0.1) is 0 Å². The third-order valence-corrected chi connectivity index (χ3v) is 6.73. The largest absolute Gasteiger partial charge is 0.493 e. The van der Waals surface area contributed by atoms with Crippen LogP contribution in [0.15, 0.2) is 41.2 Å². The summed E-state index contributed by atoms with van der Waals surface area (Å²) in [4.78, 5) is 18.6. The van der Waals surface area contributed by atoms with Crippen LogP contribution in [0.25, 0.3) is 10.9 Å². The number of aromatic nitrogens is 1. The van der Waals surface area contributed by atoms with E-state index in [-0.39, 0.29) is 11.6 Å². The molecule has 0 spiro atoms. The fourth-order valence-corrected chi connectivity index (χ4v) is 4.92. The molecule has 0 amide bonds. The summed E-state index contributed by atoms with van der Waals surface area (Å²) < 4.78 is 16.3. The number of thiocarbonyl (C=S) groups is 1. The number of nitrogens with one attached hydrogen (secondary N) is 2. The van der Waals surface area contributed by atoms with E-state index in [4.69, 9.17) is 26.4 Å². The van der Waals surface area contributed by atoms with Gasteiger partial charge in [-0.25, -0.2) is 0 Å². The summed E-state index contributed by atoms with van der Waals surface area (Å²) >= 11 is 5.81. The lowest BCUT2D eigenvalue weighted by atomic mass is 9.87. The molecule has 0 saturated carbocycles. The molecule has 2 heterocycles. The van der Waals surface area contributed by atoms with Crippen molar-refractivity contribution < 1.29 is 14.2 Å². The van der Waals surface area contributed by atoms with E-state index < -0.39 is 0 Å². The molecule has 34 heavy (non-hydrogen) atoms. The molecule has 0 saturated heterocycles. The van der Waals surface area contributed by atoms with E-state index in [1.807, 2.05) is 43.3 Å². The minimum atomic E-state index is -0.361. The number of aromatic amines is 1. The highest BCUT2D eigenvalue weighted by atomic mass is 32.1. The maximum atomic E-state index is 13.4. The van der Waals surface area contributed by atoms with Crippen molar-refractivity contribution in [2.45, 2.75) is 25.8 Å². The summed E-state index contributed by atoms with van der Waals surface area (Å²) in [7, 11) is 4.94. The maximum absolute atomic E-state index is 13.4. The van der Waals surface area contributed by atoms with Crippen molar-refractivity contribution in [1.29, 1.82) is 0 Å². The second-order valence-electron chi connectivity index (χ2n) is 8.42. The number of ether oxygens (including phenoxy) is 3. The zero-order valence-corrected chi connectivity index (χ0v) is 20.9. The van der Waals surface area contributed by atoms with Gasteiger partial charge in [0.25, 0.3) is 5.56 Å². The van der Waals surface area contributed by atoms with Crippen LogP contribution in [0.3, 0.4) is 0 Å². The van der Waals surface area contributed by atoms with Gasteiger partial charge in [0.15, 0.2) is 16.6 Å². The normalized spacial score (nSPS) is 15.2. The molecule has 7 nitrogen and oxygen atoms in total. The van der Waals surface area contributed by atoms with Gasteiger partial charge >= 0.3 is 0 Å². The summed E-state index contributed by atoms with van der Waals surface area (Å²) in [5, 5.41) is 4.95. The van der Waals surface area contributed by atoms with Gasteiger partial charge in [-0.05, 0) is 72.3 Å². The summed E-state index contributed by atoms with van der Waals surface area (Å²) in [6, 6.07) is 11.6. The van der Waals surface area contributed by atoms with Gasteiger partial charge in [0, 0.05) is 32.4 Å². The number of nitrogens with zero attached hydrogens (tertiary/aromatic N) is 1. The van der Waals surface area contributed by atoms with Crippen molar-refractivity contribution in [2.75, 3.05) is 41.0 Å². The van der Waals surface area contributed by atoms with Gasteiger partial charge in [0.05, 0.1) is 25.8 Å². The first-order chi connectivity index (χ1) is 16.5. The topological polar surface area (TPSA) is 75.8 Å². The highest BCUT2D eigenvalue weighted by Crippen LogP contribution is 2.40. The van der Waals surface area contributed by atoms with Crippen molar-refractivity contribution in [3.8, 4) is 11.5 Å². The van der Waals surface area contributed by atoms with Crippen LogP contribution < -0.4 is 20.3 Å². The van der Waals surface area contributed by atoms with Gasteiger partial charge in [0.1, 0.15) is 0 Å². The molecule has 0 unspecified atom stereocenters. The SMILES string of the molecule is COCCCNC(=S)N1CCc2cc(OC)c(OC)cc2[C@@H]1c1cc2cccc(C)c2[nH]c1=O. The molecule has 1 aliphatic rings. The van der Waals surface area contributed by atoms with E-state index >= 15 is 0 Å².